The van der Waals surface area contributed by atoms with Gasteiger partial charge >= 0.3 is 0 Å². The van der Waals surface area contributed by atoms with Crippen molar-refractivity contribution in [3.8, 4) is 5.75 Å². The Bertz CT molecular complexity index is 620. The van der Waals surface area contributed by atoms with Gasteiger partial charge in [-0.15, -0.1) is 0 Å². The molecule has 3 unspecified atom stereocenters. The summed E-state index contributed by atoms with van der Waals surface area (Å²) in [4.78, 5) is 0. The van der Waals surface area contributed by atoms with Crippen molar-refractivity contribution in [1.29, 1.82) is 0 Å². The quantitative estimate of drug-likeness (QED) is 0.884. The second kappa shape index (κ2) is 6.07. The topological polar surface area (TPSA) is 29.5 Å². The minimum Gasteiger partial charge on any atom is -0.497 e. The third kappa shape index (κ3) is 3.06. The molecule has 1 aliphatic carbocycles. The Morgan fingerprint density at radius 3 is 2.62 bits per heavy atom. The van der Waals surface area contributed by atoms with Crippen molar-refractivity contribution < 1.29 is 9.84 Å². The Hall–Kier alpha value is -1.54. The summed E-state index contributed by atoms with van der Waals surface area (Å²) < 4.78 is 5.26. The second-order valence-corrected chi connectivity index (χ2v) is 6.45. The molecule has 0 aromatic heterocycles. The fraction of sp³-hybridized carbons (Fsp3) is 0.474. The van der Waals surface area contributed by atoms with Gasteiger partial charge in [0, 0.05) is 0 Å². The van der Waals surface area contributed by atoms with Crippen LogP contribution in [-0.2, 0) is 0 Å². The van der Waals surface area contributed by atoms with Crippen LogP contribution >= 0.6 is 0 Å². The number of ether oxygens (including phenoxy) is 1. The van der Waals surface area contributed by atoms with Crippen LogP contribution in [0.3, 0.4) is 0 Å². The molecule has 2 aromatic rings. The summed E-state index contributed by atoms with van der Waals surface area (Å²) in [7, 11) is 1.68. The van der Waals surface area contributed by atoms with Gasteiger partial charge in [0.05, 0.1) is 13.2 Å². The van der Waals surface area contributed by atoms with Gasteiger partial charge in [-0.05, 0) is 59.2 Å². The molecule has 2 heteroatoms. The number of rotatable bonds is 3. The summed E-state index contributed by atoms with van der Waals surface area (Å²) in [6, 6.07) is 12.3. The van der Waals surface area contributed by atoms with Crippen LogP contribution in [0.5, 0.6) is 5.75 Å². The van der Waals surface area contributed by atoms with E-state index in [0.717, 1.165) is 40.8 Å². The lowest BCUT2D eigenvalue weighted by atomic mass is 9.78. The maximum Gasteiger partial charge on any atom is 0.119 e. The zero-order valence-electron chi connectivity index (χ0n) is 12.9. The van der Waals surface area contributed by atoms with Gasteiger partial charge in [-0.1, -0.05) is 38.0 Å². The molecule has 2 nitrogen and oxygen atoms in total. The van der Waals surface area contributed by atoms with E-state index in [0.29, 0.717) is 5.92 Å². The van der Waals surface area contributed by atoms with Crippen molar-refractivity contribution in [1.82, 2.24) is 0 Å². The maximum absolute atomic E-state index is 10.7. The molecule has 2 aromatic carbocycles. The van der Waals surface area contributed by atoms with Crippen molar-refractivity contribution in [2.24, 2.45) is 11.8 Å². The fourth-order valence-corrected chi connectivity index (χ4v) is 3.59. The lowest BCUT2D eigenvalue weighted by Gasteiger charge is -2.30. The molecule has 0 radical (unpaired) electrons. The van der Waals surface area contributed by atoms with Crippen LogP contribution in [0.2, 0.25) is 0 Å². The zero-order valence-corrected chi connectivity index (χ0v) is 12.9. The minimum absolute atomic E-state index is 0.334. The molecule has 3 atom stereocenters. The smallest absolute Gasteiger partial charge is 0.119 e. The molecule has 21 heavy (non-hydrogen) atoms. The highest BCUT2D eigenvalue weighted by Gasteiger charge is 2.26. The molecule has 1 fully saturated rings. The first kappa shape index (κ1) is 14.4. The first-order valence-electron chi connectivity index (χ1n) is 7.93. The van der Waals surface area contributed by atoms with Crippen LogP contribution in [0.15, 0.2) is 36.4 Å². The molecule has 0 amide bonds. The van der Waals surface area contributed by atoms with Crippen molar-refractivity contribution >= 4 is 10.8 Å². The highest BCUT2D eigenvalue weighted by molar-refractivity contribution is 5.84. The molecule has 0 bridgehead atoms. The average Bonchev–Trinajstić information content (AvgIpc) is 2.53. The average molecular weight is 284 g/mol. The number of hydrogen-bond acceptors (Lipinski definition) is 2. The van der Waals surface area contributed by atoms with E-state index in [1.54, 1.807) is 7.11 Å². The van der Waals surface area contributed by atoms with E-state index < -0.39 is 0 Å². The van der Waals surface area contributed by atoms with Gasteiger partial charge in [-0.2, -0.15) is 0 Å². The van der Waals surface area contributed by atoms with Crippen molar-refractivity contribution in [3.63, 3.8) is 0 Å². The predicted octanol–water partition coefficient (Wildman–Crippen LogP) is 4.71. The number of aliphatic hydroxyl groups excluding tert-OH is 1. The first-order chi connectivity index (χ1) is 10.2. The van der Waals surface area contributed by atoms with Crippen LogP contribution in [-0.4, -0.2) is 12.2 Å². The normalized spacial score (nSPS) is 24.0. The minimum atomic E-state index is -0.334. The summed E-state index contributed by atoms with van der Waals surface area (Å²) in [5.41, 5.74) is 1.05. The molecule has 1 aliphatic rings. The van der Waals surface area contributed by atoms with Crippen LogP contribution in [0.1, 0.15) is 44.3 Å². The standard InChI is InChI=1S/C19H24O2/c1-13-4-3-5-16(10-13)19(20)17-7-6-15-12-18(21-2)9-8-14(15)11-17/h6-9,11-13,16,19-20H,3-5,10H2,1-2H3. The zero-order chi connectivity index (χ0) is 14.8. The lowest BCUT2D eigenvalue weighted by Crippen LogP contribution is -2.20. The molecule has 0 spiro atoms. The largest absolute Gasteiger partial charge is 0.497 e. The lowest BCUT2D eigenvalue weighted by molar-refractivity contribution is 0.0715. The fourth-order valence-electron chi connectivity index (χ4n) is 3.59. The van der Waals surface area contributed by atoms with Crippen LogP contribution in [0.25, 0.3) is 10.8 Å². The van der Waals surface area contributed by atoms with Gasteiger partial charge < -0.3 is 9.84 Å². The summed E-state index contributed by atoms with van der Waals surface area (Å²) in [6.07, 6.45) is 4.50. The molecular formula is C19H24O2. The van der Waals surface area contributed by atoms with Crippen molar-refractivity contribution in [2.45, 2.75) is 38.7 Å². The van der Waals surface area contributed by atoms with E-state index in [2.05, 4.69) is 31.2 Å². The number of fused-ring (bicyclic) bond motifs is 1. The van der Waals surface area contributed by atoms with Crippen molar-refractivity contribution in [3.05, 3.63) is 42.0 Å². The van der Waals surface area contributed by atoms with Gasteiger partial charge in [0.1, 0.15) is 5.75 Å². The molecule has 0 saturated heterocycles. The molecule has 112 valence electrons. The summed E-state index contributed by atoms with van der Waals surface area (Å²) in [6.45, 7) is 2.30. The van der Waals surface area contributed by atoms with Crippen LogP contribution in [0.4, 0.5) is 0 Å². The van der Waals surface area contributed by atoms with Crippen molar-refractivity contribution in [2.75, 3.05) is 7.11 Å². The van der Waals surface area contributed by atoms with Crippen LogP contribution < -0.4 is 4.74 Å². The third-order valence-electron chi connectivity index (χ3n) is 4.84. The van der Waals surface area contributed by atoms with Crippen LogP contribution in [0, 0.1) is 11.8 Å². The number of methoxy groups -OCH3 is 1. The monoisotopic (exact) mass is 284 g/mol. The number of benzene rings is 2. The molecular weight excluding hydrogens is 260 g/mol. The van der Waals surface area contributed by atoms with E-state index in [1.807, 2.05) is 12.1 Å². The van der Waals surface area contributed by atoms with Gasteiger partial charge in [0.25, 0.3) is 0 Å². The summed E-state index contributed by atoms with van der Waals surface area (Å²) in [5, 5.41) is 13.0. The number of hydrogen-bond donors (Lipinski definition) is 1. The Balaban J connectivity index is 1.86. The second-order valence-electron chi connectivity index (χ2n) is 6.45. The van der Waals surface area contributed by atoms with Gasteiger partial charge in [-0.25, -0.2) is 0 Å². The Kier molecular flexibility index (Phi) is 4.16. The molecule has 1 N–H and O–H groups in total. The highest BCUT2D eigenvalue weighted by Crippen LogP contribution is 2.37. The van der Waals surface area contributed by atoms with E-state index in [-0.39, 0.29) is 6.10 Å². The van der Waals surface area contributed by atoms with E-state index in [1.165, 1.54) is 12.8 Å². The molecule has 3 rings (SSSR count). The summed E-state index contributed by atoms with van der Waals surface area (Å²) in [5.74, 6) is 2.02. The van der Waals surface area contributed by atoms with Gasteiger partial charge in [-0.3, -0.25) is 0 Å². The van der Waals surface area contributed by atoms with E-state index >= 15 is 0 Å². The SMILES string of the molecule is COc1ccc2cc(C(O)C3CCCC(C)C3)ccc2c1. The molecule has 0 aliphatic heterocycles. The van der Waals surface area contributed by atoms with Gasteiger partial charge in [0.15, 0.2) is 0 Å². The van der Waals surface area contributed by atoms with Gasteiger partial charge in [0.2, 0.25) is 0 Å². The van der Waals surface area contributed by atoms with E-state index in [9.17, 15) is 5.11 Å². The first-order valence-corrected chi connectivity index (χ1v) is 7.93. The molecule has 0 heterocycles. The molecule has 1 saturated carbocycles. The Labute approximate surface area is 126 Å². The highest BCUT2D eigenvalue weighted by atomic mass is 16.5. The Morgan fingerprint density at radius 1 is 1.10 bits per heavy atom. The predicted molar refractivity (Wildman–Crippen MR) is 86.6 cm³/mol. The Morgan fingerprint density at radius 2 is 1.86 bits per heavy atom. The summed E-state index contributed by atoms with van der Waals surface area (Å²) >= 11 is 0. The maximum atomic E-state index is 10.7. The van der Waals surface area contributed by atoms with E-state index in [4.69, 9.17) is 4.74 Å². The third-order valence-corrected chi connectivity index (χ3v) is 4.84. The number of aliphatic hydroxyl groups is 1.